The molecule has 0 N–H and O–H groups in total. The van der Waals surface area contributed by atoms with E-state index in [1.807, 2.05) is 23.2 Å². The van der Waals surface area contributed by atoms with E-state index in [0.29, 0.717) is 43.1 Å². The molecule has 1 aliphatic carbocycles. The highest BCUT2D eigenvalue weighted by atomic mass is 35.5. The molecular formula is C20H22ClN3O3. The third-order valence-electron chi connectivity index (χ3n) is 5.17. The molecule has 4 rings (SSSR count). The first-order valence-electron chi connectivity index (χ1n) is 9.22. The van der Waals surface area contributed by atoms with Crippen molar-refractivity contribution in [1.29, 1.82) is 0 Å². The summed E-state index contributed by atoms with van der Waals surface area (Å²) < 4.78 is 11.8. The zero-order valence-corrected chi connectivity index (χ0v) is 15.7. The Morgan fingerprint density at radius 2 is 2.22 bits per heavy atom. The van der Waals surface area contributed by atoms with Crippen LogP contribution in [-0.2, 0) is 16.1 Å². The molecule has 142 valence electrons. The van der Waals surface area contributed by atoms with E-state index < -0.39 is 0 Å². The first kappa shape index (κ1) is 18.3. The van der Waals surface area contributed by atoms with Gasteiger partial charge >= 0.3 is 0 Å². The minimum Gasteiger partial charge on any atom is -0.376 e. The molecule has 3 atom stereocenters. The largest absolute Gasteiger partial charge is 0.376 e. The Balaban J connectivity index is 1.36. The van der Waals surface area contributed by atoms with Crippen LogP contribution in [0, 0.1) is 5.92 Å². The Labute approximate surface area is 163 Å². The summed E-state index contributed by atoms with van der Waals surface area (Å²) in [6, 6.07) is 9.12. The van der Waals surface area contributed by atoms with Crippen LogP contribution in [0.2, 0.25) is 5.15 Å². The van der Waals surface area contributed by atoms with Gasteiger partial charge in [-0.15, -0.1) is 0 Å². The van der Waals surface area contributed by atoms with Gasteiger partial charge in [-0.25, -0.2) is 4.98 Å². The highest BCUT2D eigenvalue weighted by molar-refractivity contribution is 6.29. The molecule has 1 saturated carbocycles. The van der Waals surface area contributed by atoms with E-state index in [0.717, 1.165) is 18.4 Å². The summed E-state index contributed by atoms with van der Waals surface area (Å²) >= 11 is 5.94. The Hall–Kier alpha value is -2.02. The van der Waals surface area contributed by atoms with Crippen molar-refractivity contribution in [2.24, 2.45) is 5.92 Å². The summed E-state index contributed by atoms with van der Waals surface area (Å²) in [7, 11) is 0. The van der Waals surface area contributed by atoms with Crippen molar-refractivity contribution in [1.82, 2.24) is 14.9 Å². The summed E-state index contributed by atoms with van der Waals surface area (Å²) in [5, 5.41) is 0.332. The second-order valence-electron chi connectivity index (χ2n) is 7.03. The average molecular weight is 388 g/mol. The van der Waals surface area contributed by atoms with E-state index in [4.69, 9.17) is 21.1 Å². The van der Waals surface area contributed by atoms with E-state index in [2.05, 4.69) is 9.97 Å². The number of morpholine rings is 1. The maximum absolute atomic E-state index is 12.9. The molecular weight excluding hydrogens is 366 g/mol. The quantitative estimate of drug-likeness (QED) is 0.738. The zero-order valence-electron chi connectivity index (χ0n) is 15.0. The van der Waals surface area contributed by atoms with Gasteiger partial charge in [0.2, 0.25) is 0 Å². The highest BCUT2D eigenvalue weighted by Gasteiger charge is 2.43. The van der Waals surface area contributed by atoms with Crippen molar-refractivity contribution in [3.63, 3.8) is 0 Å². The van der Waals surface area contributed by atoms with Gasteiger partial charge in [-0.2, -0.15) is 0 Å². The third kappa shape index (κ3) is 4.29. The van der Waals surface area contributed by atoms with E-state index >= 15 is 0 Å². The molecule has 1 aliphatic heterocycles. The molecule has 1 saturated heterocycles. The van der Waals surface area contributed by atoms with E-state index in [1.54, 1.807) is 24.4 Å². The number of rotatable bonds is 5. The normalized spacial score (nSPS) is 24.6. The number of aromatic nitrogens is 2. The second-order valence-corrected chi connectivity index (χ2v) is 7.42. The Morgan fingerprint density at radius 3 is 3.04 bits per heavy atom. The maximum atomic E-state index is 12.9. The van der Waals surface area contributed by atoms with E-state index in [1.165, 1.54) is 0 Å². The van der Waals surface area contributed by atoms with Crippen molar-refractivity contribution in [3.8, 4) is 0 Å². The predicted molar refractivity (Wildman–Crippen MR) is 100 cm³/mol. The fraction of sp³-hybridized carbons (Fsp3) is 0.450. The van der Waals surface area contributed by atoms with Gasteiger partial charge in [0.25, 0.3) is 5.91 Å². The van der Waals surface area contributed by atoms with Crippen LogP contribution in [0.25, 0.3) is 0 Å². The molecule has 1 amide bonds. The molecule has 7 heteroatoms. The summed E-state index contributed by atoms with van der Waals surface area (Å²) in [4.78, 5) is 23.1. The van der Waals surface area contributed by atoms with Crippen LogP contribution in [0.4, 0.5) is 0 Å². The molecule has 0 radical (unpaired) electrons. The molecule has 2 aliphatic rings. The first-order chi connectivity index (χ1) is 13.2. The van der Waals surface area contributed by atoms with Gasteiger partial charge in [0.05, 0.1) is 32.0 Å². The van der Waals surface area contributed by atoms with Crippen LogP contribution in [0.3, 0.4) is 0 Å². The number of amides is 1. The molecule has 6 nitrogen and oxygen atoms in total. The fourth-order valence-corrected chi connectivity index (χ4v) is 4.10. The molecule has 0 aromatic carbocycles. The van der Waals surface area contributed by atoms with E-state index in [9.17, 15) is 4.79 Å². The van der Waals surface area contributed by atoms with Crippen molar-refractivity contribution >= 4 is 17.5 Å². The van der Waals surface area contributed by atoms with Gasteiger partial charge in [0.1, 0.15) is 10.8 Å². The summed E-state index contributed by atoms with van der Waals surface area (Å²) in [5.74, 6) is 0.296. The number of hydrogen-bond acceptors (Lipinski definition) is 5. The maximum Gasteiger partial charge on any atom is 0.272 e. The monoisotopic (exact) mass is 387 g/mol. The number of nitrogens with zero attached hydrogens (tertiary/aromatic N) is 3. The fourth-order valence-electron chi connectivity index (χ4n) is 3.94. The van der Waals surface area contributed by atoms with Gasteiger partial charge in [0.15, 0.2) is 0 Å². The van der Waals surface area contributed by atoms with Crippen LogP contribution < -0.4 is 0 Å². The van der Waals surface area contributed by atoms with Crippen LogP contribution in [-0.4, -0.2) is 52.7 Å². The molecule has 2 fully saturated rings. The van der Waals surface area contributed by atoms with Crippen molar-refractivity contribution in [2.75, 3.05) is 19.8 Å². The zero-order chi connectivity index (χ0) is 18.6. The molecule has 0 spiro atoms. The number of pyridine rings is 2. The van der Waals surface area contributed by atoms with Gasteiger partial charge in [-0.3, -0.25) is 9.78 Å². The van der Waals surface area contributed by atoms with Crippen molar-refractivity contribution < 1.29 is 14.3 Å². The SMILES string of the molecule is O=C(c1cccc(Cl)n1)N1CCOC2CC(COCc3cccnc3)CC21. The van der Waals surface area contributed by atoms with Crippen molar-refractivity contribution in [3.05, 3.63) is 59.1 Å². The smallest absolute Gasteiger partial charge is 0.272 e. The summed E-state index contributed by atoms with van der Waals surface area (Å²) in [5.41, 5.74) is 1.45. The topological polar surface area (TPSA) is 64.6 Å². The standard InChI is InChI=1S/C20H22ClN3O3/c21-19-5-1-4-16(23-19)20(25)24-7-8-27-18-10-15(9-17(18)24)13-26-12-14-3-2-6-22-11-14/h1-6,11,15,17-18H,7-10,12-13H2. The lowest BCUT2D eigenvalue weighted by molar-refractivity contribution is -0.0452. The number of carbonyl (C=O) groups excluding carboxylic acids is 1. The first-order valence-corrected chi connectivity index (χ1v) is 9.60. The Bertz CT molecular complexity index is 789. The predicted octanol–water partition coefficient (Wildman–Crippen LogP) is 2.97. The molecule has 3 unspecified atom stereocenters. The van der Waals surface area contributed by atoms with Gasteiger partial charge in [-0.05, 0) is 42.5 Å². The number of ether oxygens (including phenoxy) is 2. The lowest BCUT2D eigenvalue weighted by Crippen LogP contribution is -2.51. The number of carbonyl (C=O) groups is 1. The van der Waals surface area contributed by atoms with Crippen LogP contribution >= 0.6 is 11.6 Å². The van der Waals surface area contributed by atoms with Gasteiger partial charge in [0, 0.05) is 18.9 Å². The van der Waals surface area contributed by atoms with Crippen LogP contribution in [0.1, 0.15) is 28.9 Å². The Morgan fingerprint density at radius 1 is 1.30 bits per heavy atom. The Kier molecular flexibility index (Phi) is 5.66. The highest BCUT2D eigenvalue weighted by Crippen LogP contribution is 2.35. The minimum absolute atomic E-state index is 0.0638. The summed E-state index contributed by atoms with van der Waals surface area (Å²) in [6.45, 7) is 2.34. The molecule has 2 aromatic rings. The summed E-state index contributed by atoms with van der Waals surface area (Å²) in [6.07, 6.45) is 5.42. The van der Waals surface area contributed by atoms with Crippen LogP contribution in [0.5, 0.6) is 0 Å². The van der Waals surface area contributed by atoms with E-state index in [-0.39, 0.29) is 18.1 Å². The van der Waals surface area contributed by atoms with Gasteiger partial charge in [-0.1, -0.05) is 23.7 Å². The number of halogens is 1. The number of hydrogen-bond donors (Lipinski definition) is 0. The van der Waals surface area contributed by atoms with Crippen molar-refractivity contribution in [2.45, 2.75) is 31.6 Å². The number of fused-ring (bicyclic) bond motifs is 1. The minimum atomic E-state index is -0.0762. The molecule has 3 heterocycles. The average Bonchev–Trinajstić information content (AvgIpc) is 3.11. The van der Waals surface area contributed by atoms with Gasteiger partial charge < -0.3 is 14.4 Å². The molecule has 27 heavy (non-hydrogen) atoms. The second kappa shape index (κ2) is 8.33. The lowest BCUT2D eigenvalue weighted by Gasteiger charge is -2.37. The van der Waals surface area contributed by atoms with Crippen LogP contribution in [0.15, 0.2) is 42.7 Å². The lowest BCUT2D eigenvalue weighted by atomic mass is 10.1. The third-order valence-corrected chi connectivity index (χ3v) is 5.38. The molecule has 0 bridgehead atoms. The molecule has 2 aromatic heterocycles.